The summed E-state index contributed by atoms with van der Waals surface area (Å²) in [6.07, 6.45) is 2.64. The van der Waals surface area contributed by atoms with Crippen molar-refractivity contribution in [3.8, 4) is 5.75 Å². The maximum atomic E-state index is 13.3. The molecule has 49 heavy (non-hydrogen) atoms. The predicted octanol–water partition coefficient (Wildman–Crippen LogP) is 11.2. The quantitative estimate of drug-likeness (QED) is 0.162. The summed E-state index contributed by atoms with van der Waals surface area (Å²) in [6.45, 7) is 19.2. The molecule has 7 nitrogen and oxygen atoms in total. The van der Waals surface area contributed by atoms with Gasteiger partial charge in [0.25, 0.3) is 5.91 Å². The summed E-state index contributed by atoms with van der Waals surface area (Å²) < 4.78 is 50.4. The molecule has 0 saturated heterocycles. The average Bonchev–Trinajstić information content (AvgIpc) is 3.49. The van der Waals surface area contributed by atoms with Crippen molar-refractivity contribution in [1.29, 1.82) is 0 Å². The van der Waals surface area contributed by atoms with Crippen molar-refractivity contribution >= 4 is 44.2 Å². The molecular formula is C37H59ClF3N3O4S. The highest BCUT2D eigenvalue weighted by Crippen LogP contribution is 2.37. The van der Waals surface area contributed by atoms with Crippen LogP contribution in [0.1, 0.15) is 115 Å². The maximum Gasteiger partial charge on any atom is 0.416 e. The lowest BCUT2D eigenvalue weighted by atomic mass is 10.1. The number of nitrogens with one attached hydrogen (secondary N) is 1. The molecule has 1 heterocycles. The molecule has 0 aliphatic rings. The number of nitrogens with zero attached hydrogens (tertiary/aromatic N) is 2. The predicted molar refractivity (Wildman–Crippen MR) is 200 cm³/mol. The van der Waals surface area contributed by atoms with Crippen molar-refractivity contribution in [3.63, 3.8) is 0 Å². The molecule has 0 radical (unpaired) electrons. The Bertz CT molecular complexity index is 1340. The van der Waals surface area contributed by atoms with E-state index < -0.39 is 17.6 Å². The van der Waals surface area contributed by atoms with Crippen molar-refractivity contribution < 1.29 is 32.5 Å². The molecule has 0 unspecified atom stereocenters. The zero-order chi connectivity index (χ0) is 37.6. The number of benzene rings is 2. The zero-order valence-electron chi connectivity index (χ0n) is 31.2. The van der Waals surface area contributed by atoms with Gasteiger partial charge in [0, 0.05) is 44.4 Å². The van der Waals surface area contributed by atoms with Crippen LogP contribution in [0.2, 0.25) is 5.02 Å². The minimum atomic E-state index is -4.49. The standard InChI is InChI=1S/C24H27ClF3N3O4S.C7H16.C4H10.C2H6/c1-4-14-9-16(24(26,27)28)11-19-20(14)29-23(36-19)30-22(33)18-12-17(25)10-15(21(18)32)13-31(5-7-34-2)6-8-35-3;1-4-5-6-7(2)3;1-3-4-2;1-2/h9-12,32H,4-8,13H2,1-3H3,(H,29,30,33);7H,4-6H2,1-3H3;3-4H2,1-2H3;1-2H3. The number of halogens is 4. The van der Waals surface area contributed by atoms with Gasteiger partial charge in [0.2, 0.25) is 0 Å². The number of phenolic OH excluding ortho intramolecular Hbond substituents is 1. The van der Waals surface area contributed by atoms with Crippen molar-refractivity contribution in [2.24, 2.45) is 5.92 Å². The first-order valence-corrected chi connectivity index (χ1v) is 18.5. The summed E-state index contributed by atoms with van der Waals surface area (Å²) >= 11 is 7.18. The number of rotatable bonds is 15. The molecule has 2 aromatic carbocycles. The Labute approximate surface area is 301 Å². The summed E-state index contributed by atoms with van der Waals surface area (Å²) in [7, 11) is 3.17. The second-order valence-corrected chi connectivity index (χ2v) is 13.0. The van der Waals surface area contributed by atoms with Gasteiger partial charge in [-0.1, -0.05) is 110 Å². The number of phenols is 1. The highest BCUT2D eigenvalue weighted by molar-refractivity contribution is 7.22. The van der Waals surface area contributed by atoms with Crippen molar-refractivity contribution in [1.82, 2.24) is 9.88 Å². The van der Waals surface area contributed by atoms with Gasteiger partial charge in [-0.2, -0.15) is 13.2 Å². The second kappa shape index (κ2) is 25.5. The summed E-state index contributed by atoms with van der Waals surface area (Å²) in [6, 6.07) is 4.99. The fourth-order valence-corrected chi connectivity index (χ4v) is 5.45. The number of carbonyl (C=O) groups is 1. The first-order chi connectivity index (χ1) is 23.2. The van der Waals surface area contributed by atoms with Crippen LogP contribution in [0, 0.1) is 5.92 Å². The number of amides is 1. The Kier molecular flexibility index (Phi) is 24.2. The number of hydrogen-bond donors (Lipinski definition) is 2. The zero-order valence-corrected chi connectivity index (χ0v) is 32.7. The van der Waals surface area contributed by atoms with E-state index in [1.54, 1.807) is 27.2 Å². The van der Waals surface area contributed by atoms with Crippen LogP contribution >= 0.6 is 22.9 Å². The number of aryl methyl sites for hydroxylation is 1. The molecule has 2 N–H and O–H groups in total. The van der Waals surface area contributed by atoms with Gasteiger partial charge in [-0.25, -0.2) is 4.98 Å². The number of aromatic nitrogens is 1. The number of methoxy groups -OCH3 is 2. The molecule has 0 bridgehead atoms. The van der Waals surface area contributed by atoms with Gasteiger partial charge in [-0.3, -0.25) is 15.0 Å². The van der Waals surface area contributed by atoms with Crippen LogP contribution in [0.3, 0.4) is 0 Å². The van der Waals surface area contributed by atoms with Gasteiger partial charge < -0.3 is 14.6 Å². The van der Waals surface area contributed by atoms with Crippen LogP contribution in [0.5, 0.6) is 5.75 Å². The largest absolute Gasteiger partial charge is 0.507 e. The molecule has 0 atom stereocenters. The van der Waals surface area contributed by atoms with Crippen molar-refractivity contribution in [2.45, 2.75) is 107 Å². The third kappa shape index (κ3) is 17.4. The van der Waals surface area contributed by atoms with Gasteiger partial charge in [-0.15, -0.1) is 0 Å². The number of ether oxygens (including phenoxy) is 2. The first-order valence-electron chi connectivity index (χ1n) is 17.3. The molecule has 0 spiro atoms. The third-order valence-electron chi connectivity index (χ3n) is 7.15. The van der Waals surface area contributed by atoms with Crippen LogP contribution in [0.4, 0.5) is 18.3 Å². The van der Waals surface area contributed by atoms with E-state index in [0.717, 1.165) is 29.4 Å². The Morgan fingerprint density at radius 3 is 2.02 bits per heavy atom. The van der Waals surface area contributed by atoms with E-state index in [1.807, 2.05) is 18.7 Å². The van der Waals surface area contributed by atoms with Gasteiger partial charge in [0.05, 0.1) is 34.6 Å². The average molecular weight is 734 g/mol. The molecule has 1 aromatic heterocycles. The molecule has 0 aliphatic heterocycles. The highest BCUT2D eigenvalue weighted by Gasteiger charge is 2.32. The number of carbonyl (C=O) groups excluding carboxylic acids is 1. The number of fused-ring (bicyclic) bond motifs is 1. The normalized spacial score (nSPS) is 11.0. The number of thiazole rings is 1. The van der Waals surface area contributed by atoms with Gasteiger partial charge >= 0.3 is 6.18 Å². The lowest BCUT2D eigenvalue weighted by molar-refractivity contribution is -0.137. The monoisotopic (exact) mass is 733 g/mol. The number of unbranched alkanes of at least 4 members (excludes halogenated alkanes) is 2. The molecular weight excluding hydrogens is 675 g/mol. The Balaban J connectivity index is 0.00000151. The molecule has 3 rings (SSSR count). The van der Waals surface area contributed by atoms with E-state index in [0.29, 0.717) is 60.6 Å². The summed E-state index contributed by atoms with van der Waals surface area (Å²) in [5, 5.41) is 13.8. The Hall–Kier alpha value is -2.44. The van der Waals surface area contributed by atoms with E-state index in [2.05, 4.69) is 44.9 Å². The van der Waals surface area contributed by atoms with E-state index in [1.165, 1.54) is 38.2 Å². The van der Waals surface area contributed by atoms with E-state index in [4.69, 9.17) is 21.1 Å². The SMILES string of the molecule is CC.CCCC.CCCCC(C)C.CCc1cc(C(F)(F)F)cc2sc(NC(=O)c3cc(Cl)cc(CN(CCOC)CCOC)c3O)nc12. The second-order valence-electron chi connectivity index (χ2n) is 11.6. The summed E-state index contributed by atoms with van der Waals surface area (Å²) in [5.41, 5.74) is 0.427. The van der Waals surface area contributed by atoms with Crippen LogP contribution < -0.4 is 5.32 Å². The lowest BCUT2D eigenvalue weighted by Gasteiger charge is -2.22. The van der Waals surface area contributed by atoms with Crippen LogP contribution in [-0.4, -0.2) is 61.4 Å². The van der Waals surface area contributed by atoms with E-state index in [-0.39, 0.29) is 21.5 Å². The third-order valence-corrected chi connectivity index (χ3v) is 8.29. The van der Waals surface area contributed by atoms with Gasteiger partial charge in [0.15, 0.2) is 5.13 Å². The highest BCUT2D eigenvalue weighted by atomic mass is 35.5. The molecule has 0 saturated carbocycles. The van der Waals surface area contributed by atoms with Crippen LogP contribution in [0.15, 0.2) is 24.3 Å². The van der Waals surface area contributed by atoms with Crippen molar-refractivity contribution in [2.75, 3.05) is 45.8 Å². The molecule has 1 amide bonds. The van der Waals surface area contributed by atoms with E-state index in [9.17, 15) is 23.1 Å². The van der Waals surface area contributed by atoms with Gasteiger partial charge in [0.1, 0.15) is 5.75 Å². The number of anilines is 1. The maximum absolute atomic E-state index is 13.3. The van der Waals surface area contributed by atoms with Crippen LogP contribution in [-0.2, 0) is 28.6 Å². The smallest absolute Gasteiger partial charge is 0.416 e. The molecule has 12 heteroatoms. The number of hydrogen-bond acceptors (Lipinski definition) is 7. The molecule has 0 fully saturated rings. The lowest BCUT2D eigenvalue weighted by Crippen LogP contribution is -2.30. The van der Waals surface area contributed by atoms with Crippen LogP contribution in [0.25, 0.3) is 10.2 Å². The van der Waals surface area contributed by atoms with Crippen molar-refractivity contribution in [3.05, 3.63) is 51.5 Å². The first kappa shape index (κ1) is 46.6. The molecule has 280 valence electrons. The number of aromatic hydroxyl groups is 1. The minimum Gasteiger partial charge on any atom is -0.507 e. The van der Waals surface area contributed by atoms with E-state index >= 15 is 0 Å². The topological polar surface area (TPSA) is 83.9 Å². The fourth-order valence-electron chi connectivity index (χ4n) is 4.26. The minimum absolute atomic E-state index is 0.0677. The number of alkyl halides is 3. The van der Waals surface area contributed by atoms with Gasteiger partial charge in [-0.05, 0) is 42.2 Å². The Morgan fingerprint density at radius 2 is 1.57 bits per heavy atom. The summed E-state index contributed by atoms with van der Waals surface area (Å²) in [4.78, 5) is 19.3. The summed E-state index contributed by atoms with van der Waals surface area (Å²) in [5.74, 6) is -0.0175. The molecule has 3 aromatic rings. The fraction of sp³-hybridized carbons (Fsp3) is 0.622. The Morgan fingerprint density at radius 1 is 0.980 bits per heavy atom. The molecule has 0 aliphatic carbocycles.